The van der Waals surface area contributed by atoms with Gasteiger partial charge in [0.2, 0.25) is 6.39 Å². The third-order valence-electron chi connectivity index (χ3n) is 1.51. The Morgan fingerprint density at radius 3 is 3.08 bits per heavy atom. The van der Waals surface area contributed by atoms with Crippen molar-refractivity contribution in [2.45, 2.75) is 6.04 Å². The molecule has 0 bridgehead atoms. The zero-order valence-corrected chi connectivity index (χ0v) is 6.99. The lowest BCUT2D eigenvalue weighted by atomic mass is 10.2. The normalized spacial score (nSPS) is 13.1. The summed E-state index contributed by atoms with van der Waals surface area (Å²) in [5.41, 5.74) is 5.83. The van der Waals surface area contributed by atoms with Gasteiger partial charge in [-0.3, -0.25) is 0 Å². The molecule has 2 aromatic heterocycles. The first-order valence-corrected chi connectivity index (χ1v) is 4.31. The van der Waals surface area contributed by atoms with Crippen molar-refractivity contribution in [3.63, 3.8) is 0 Å². The van der Waals surface area contributed by atoms with Crippen molar-refractivity contribution in [2.24, 2.45) is 5.73 Å². The fourth-order valence-electron chi connectivity index (χ4n) is 0.911. The van der Waals surface area contributed by atoms with Gasteiger partial charge in [-0.2, -0.15) is 4.98 Å². The third-order valence-corrected chi connectivity index (χ3v) is 2.46. The van der Waals surface area contributed by atoms with E-state index in [0.717, 1.165) is 4.88 Å². The first-order valence-electron chi connectivity index (χ1n) is 3.43. The lowest BCUT2D eigenvalue weighted by Gasteiger charge is -2.01. The molecule has 0 saturated carbocycles. The maximum atomic E-state index is 5.83. The molecule has 0 fully saturated rings. The number of nitrogens with two attached hydrogens (primary N) is 1. The van der Waals surface area contributed by atoms with Crippen LogP contribution in [0.25, 0.3) is 0 Å². The van der Waals surface area contributed by atoms with Crippen molar-refractivity contribution in [1.29, 1.82) is 0 Å². The van der Waals surface area contributed by atoms with Crippen LogP contribution in [0, 0.1) is 0 Å². The molecule has 0 aromatic carbocycles. The van der Waals surface area contributed by atoms with Gasteiger partial charge < -0.3 is 10.3 Å². The Bertz CT molecular complexity index is 295. The summed E-state index contributed by atoms with van der Waals surface area (Å²) in [6.07, 6.45) is 1.28. The van der Waals surface area contributed by atoms with E-state index in [4.69, 9.17) is 5.73 Å². The highest BCUT2D eigenvalue weighted by Crippen LogP contribution is 2.20. The summed E-state index contributed by atoms with van der Waals surface area (Å²) >= 11 is 1.58. The Hall–Kier alpha value is -1.20. The van der Waals surface area contributed by atoms with E-state index >= 15 is 0 Å². The molecule has 0 aliphatic rings. The fraction of sp³-hybridized carbons (Fsp3) is 0.143. The molecule has 0 spiro atoms. The molecular weight excluding hydrogens is 174 g/mol. The molecule has 12 heavy (non-hydrogen) atoms. The number of rotatable bonds is 2. The lowest BCUT2D eigenvalue weighted by Crippen LogP contribution is -2.11. The SMILES string of the molecule is NC(c1ncon1)c1cccs1. The van der Waals surface area contributed by atoms with Gasteiger partial charge in [-0.05, 0) is 11.4 Å². The predicted octanol–water partition coefficient (Wildman–Crippen LogP) is 1.18. The van der Waals surface area contributed by atoms with Gasteiger partial charge >= 0.3 is 0 Å². The first-order chi connectivity index (χ1) is 5.88. The van der Waals surface area contributed by atoms with Crippen LogP contribution >= 0.6 is 11.3 Å². The Kier molecular flexibility index (Phi) is 1.89. The van der Waals surface area contributed by atoms with Crippen molar-refractivity contribution < 1.29 is 4.52 Å². The van der Waals surface area contributed by atoms with E-state index < -0.39 is 0 Å². The van der Waals surface area contributed by atoms with E-state index in [2.05, 4.69) is 14.7 Å². The van der Waals surface area contributed by atoms with Crippen molar-refractivity contribution >= 4 is 11.3 Å². The average Bonchev–Trinajstić information content (AvgIpc) is 2.77. The second-order valence-corrected chi connectivity index (χ2v) is 3.26. The standard InChI is InChI=1S/C7H7N3OS/c8-6(5-2-1-3-12-5)7-9-4-11-10-7/h1-4,6H,8H2. The number of aromatic nitrogens is 2. The van der Waals surface area contributed by atoms with Crippen molar-refractivity contribution in [3.8, 4) is 0 Å². The maximum Gasteiger partial charge on any atom is 0.213 e. The fourth-order valence-corrected chi connectivity index (χ4v) is 1.63. The minimum atomic E-state index is -0.260. The molecule has 1 atom stereocenters. The van der Waals surface area contributed by atoms with Gasteiger partial charge in [0.05, 0.1) is 0 Å². The van der Waals surface area contributed by atoms with Gasteiger partial charge in [0.15, 0.2) is 5.82 Å². The number of hydrogen-bond acceptors (Lipinski definition) is 5. The van der Waals surface area contributed by atoms with Gasteiger partial charge in [0, 0.05) is 4.88 Å². The quantitative estimate of drug-likeness (QED) is 0.755. The van der Waals surface area contributed by atoms with Gasteiger partial charge in [0.25, 0.3) is 0 Å². The van der Waals surface area contributed by atoms with Crippen LogP contribution in [0.15, 0.2) is 28.4 Å². The monoisotopic (exact) mass is 181 g/mol. The topological polar surface area (TPSA) is 64.9 Å². The smallest absolute Gasteiger partial charge is 0.213 e. The summed E-state index contributed by atoms with van der Waals surface area (Å²) in [5.74, 6) is 0.525. The van der Waals surface area contributed by atoms with Crippen LogP contribution in [0.5, 0.6) is 0 Å². The van der Waals surface area contributed by atoms with E-state index in [1.165, 1.54) is 6.39 Å². The zero-order chi connectivity index (χ0) is 8.39. The van der Waals surface area contributed by atoms with Gasteiger partial charge in [-0.1, -0.05) is 11.2 Å². The molecule has 0 amide bonds. The second-order valence-electron chi connectivity index (χ2n) is 2.28. The lowest BCUT2D eigenvalue weighted by molar-refractivity contribution is 0.407. The van der Waals surface area contributed by atoms with E-state index in [1.807, 2.05) is 17.5 Å². The van der Waals surface area contributed by atoms with Crippen LogP contribution in [-0.4, -0.2) is 10.1 Å². The van der Waals surface area contributed by atoms with Crippen LogP contribution < -0.4 is 5.73 Å². The Morgan fingerprint density at radius 1 is 1.58 bits per heavy atom. The molecule has 2 N–H and O–H groups in total. The Balaban J connectivity index is 2.27. The minimum Gasteiger partial charge on any atom is -0.343 e. The molecule has 2 aromatic rings. The molecule has 2 heterocycles. The van der Waals surface area contributed by atoms with Crippen LogP contribution in [0.1, 0.15) is 16.7 Å². The number of nitrogens with zero attached hydrogens (tertiary/aromatic N) is 2. The maximum absolute atomic E-state index is 5.83. The summed E-state index contributed by atoms with van der Waals surface area (Å²) in [6.45, 7) is 0. The summed E-state index contributed by atoms with van der Waals surface area (Å²) in [7, 11) is 0. The van der Waals surface area contributed by atoms with E-state index in [9.17, 15) is 0 Å². The van der Waals surface area contributed by atoms with Crippen molar-refractivity contribution in [2.75, 3.05) is 0 Å². The Morgan fingerprint density at radius 2 is 2.50 bits per heavy atom. The van der Waals surface area contributed by atoms with Crippen LogP contribution in [0.2, 0.25) is 0 Å². The molecule has 0 saturated heterocycles. The second kappa shape index (κ2) is 3.04. The molecule has 0 radical (unpaired) electrons. The molecule has 1 unspecified atom stereocenters. The van der Waals surface area contributed by atoms with Crippen molar-refractivity contribution in [1.82, 2.24) is 10.1 Å². The highest BCUT2D eigenvalue weighted by molar-refractivity contribution is 7.10. The highest BCUT2D eigenvalue weighted by atomic mass is 32.1. The molecule has 0 aliphatic carbocycles. The minimum absolute atomic E-state index is 0.260. The molecule has 62 valence electrons. The molecule has 5 heteroatoms. The van der Waals surface area contributed by atoms with Gasteiger partial charge in [0.1, 0.15) is 6.04 Å². The third kappa shape index (κ3) is 1.24. The summed E-state index contributed by atoms with van der Waals surface area (Å²) in [4.78, 5) is 4.91. The average molecular weight is 181 g/mol. The van der Waals surface area contributed by atoms with Gasteiger partial charge in [-0.15, -0.1) is 11.3 Å². The first kappa shape index (κ1) is 7.45. The van der Waals surface area contributed by atoms with Crippen LogP contribution in [0.4, 0.5) is 0 Å². The van der Waals surface area contributed by atoms with E-state index in [0.29, 0.717) is 5.82 Å². The number of hydrogen-bond donors (Lipinski definition) is 1. The van der Waals surface area contributed by atoms with Crippen LogP contribution in [-0.2, 0) is 0 Å². The summed E-state index contributed by atoms with van der Waals surface area (Å²) in [6, 6.07) is 3.63. The zero-order valence-electron chi connectivity index (χ0n) is 6.18. The largest absolute Gasteiger partial charge is 0.343 e. The van der Waals surface area contributed by atoms with E-state index in [-0.39, 0.29) is 6.04 Å². The summed E-state index contributed by atoms with van der Waals surface area (Å²) < 4.78 is 4.60. The van der Waals surface area contributed by atoms with Gasteiger partial charge in [-0.25, -0.2) is 0 Å². The predicted molar refractivity (Wildman–Crippen MR) is 44.6 cm³/mol. The van der Waals surface area contributed by atoms with Crippen molar-refractivity contribution in [3.05, 3.63) is 34.6 Å². The summed E-state index contributed by atoms with van der Waals surface area (Å²) in [5, 5.41) is 5.64. The molecular formula is C7H7N3OS. The molecule has 0 aliphatic heterocycles. The molecule has 2 rings (SSSR count). The molecule has 4 nitrogen and oxygen atoms in total. The highest BCUT2D eigenvalue weighted by Gasteiger charge is 2.13. The number of thiophene rings is 1. The Labute approximate surface area is 73.0 Å². The van der Waals surface area contributed by atoms with E-state index in [1.54, 1.807) is 11.3 Å². The van der Waals surface area contributed by atoms with Crippen LogP contribution in [0.3, 0.4) is 0 Å².